The highest BCUT2D eigenvalue weighted by molar-refractivity contribution is 5.81. The molecular weight excluding hydrogens is 206 g/mol. The minimum Gasteiger partial charge on any atom is -0.385 e. The summed E-state index contributed by atoms with van der Waals surface area (Å²) < 4.78 is 4.85. The Kier molecular flexibility index (Phi) is 5.53. The molecule has 1 rings (SSSR count). The quantitative estimate of drug-likeness (QED) is 0.704. The summed E-state index contributed by atoms with van der Waals surface area (Å²) in [5, 5.41) is 12.3. The maximum Gasteiger partial charge on any atom is 0.253 e. The summed E-state index contributed by atoms with van der Waals surface area (Å²) in [5.41, 5.74) is 0.603. The maximum atomic E-state index is 11.5. The number of methoxy groups -OCH3 is 1. The van der Waals surface area contributed by atoms with Crippen molar-refractivity contribution in [2.75, 3.05) is 20.3 Å². The molecule has 0 aliphatic rings. The van der Waals surface area contributed by atoms with E-state index in [1.165, 1.54) is 0 Å². The minimum absolute atomic E-state index is 0.373. The largest absolute Gasteiger partial charge is 0.385 e. The molecule has 0 spiro atoms. The molecule has 1 aromatic rings. The van der Waals surface area contributed by atoms with Crippen LogP contribution in [-0.2, 0) is 9.53 Å². The predicted molar refractivity (Wildman–Crippen MR) is 60.9 cm³/mol. The lowest BCUT2D eigenvalue weighted by atomic mass is 10.1. The SMILES string of the molecule is COCCCNC(=O)C(O)c1ccccc1. The summed E-state index contributed by atoms with van der Waals surface area (Å²) in [4.78, 5) is 11.5. The lowest BCUT2D eigenvalue weighted by Gasteiger charge is -2.11. The van der Waals surface area contributed by atoms with Crippen molar-refractivity contribution >= 4 is 5.91 Å². The van der Waals surface area contributed by atoms with Crippen LogP contribution in [0.15, 0.2) is 30.3 Å². The number of nitrogens with one attached hydrogen (secondary N) is 1. The van der Waals surface area contributed by atoms with Crippen LogP contribution in [-0.4, -0.2) is 31.3 Å². The van der Waals surface area contributed by atoms with Gasteiger partial charge in [-0.1, -0.05) is 30.3 Å². The molecule has 0 saturated heterocycles. The Bertz CT molecular complexity index is 313. The van der Waals surface area contributed by atoms with Gasteiger partial charge in [0.15, 0.2) is 6.10 Å². The van der Waals surface area contributed by atoms with Crippen LogP contribution in [0.25, 0.3) is 0 Å². The Labute approximate surface area is 95.2 Å². The molecule has 0 heterocycles. The minimum atomic E-state index is -1.09. The summed E-state index contributed by atoms with van der Waals surface area (Å²) in [5.74, 6) is -0.373. The second-order valence-corrected chi connectivity index (χ2v) is 3.45. The second kappa shape index (κ2) is 6.98. The Morgan fingerprint density at radius 2 is 2.12 bits per heavy atom. The normalized spacial score (nSPS) is 12.1. The van der Waals surface area contributed by atoms with Crippen LogP contribution < -0.4 is 5.32 Å². The first-order chi connectivity index (χ1) is 7.75. The van der Waals surface area contributed by atoms with Crippen LogP contribution in [0.1, 0.15) is 18.1 Å². The van der Waals surface area contributed by atoms with Crippen LogP contribution in [0.2, 0.25) is 0 Å². The number of benzene rings is 1. The van der Waals surface area contributed by atoms with Gasteiger partial charge in [-0.05, 0) is 12.0 Å². The first-order valence-corrected chi connectivity index (χ1v) is 5.25. The molecule has 0 aliphatic heterocycles. The van der Waals surface area contributed by atoms with Gasteiger partial charge < -0.3 is 15.2 Å². The summed E-state index contributed by atoms with van der Waals surface area (Å²) in [6.07, 6.45) is -0.354. The Morgan fingerprint density at radius 1 is 1.44 bits per heavy atom. The monoisotopic (exact) mass is 223 g/mol. The molecule has 2 N–H and O–H groups in total. The average Bonchev–Trinajstić information content (AvgIpc) is 2.34. The topological polar surface area (TPSA) is 58.6 Å². The Morgan fingerprint density at radius 3 is 2.75 bits per heavy atom. The molecule has 0 aromatic heterocycles. The van der Waals surface area contributed by atoms with Crippen molar-refractivity contribution < 1.29 is 14.6 Å². The van der Waals surface area contributed by atoms with Gasteiger partial charge in [0.05, 0.1) is 0 Å². The molecule has 1 unspecified atom stereocenters. The van der Waals surface area contributed by atoms with E-state index >= 15 is 0 Å². The van der Waals surface area contributed by atoms with Gasteiger partial charge in [0.25, 0.3) is 5.91 Å². The van der Waals surface area contributed by atoms with E-state index in [9.17, 15) is 9.90 Å². The number of hydrogen-bond donors (Lipinski definition) is 2. The van der Waals surface area contributed by atoms with Gasteiger partial charge in [0, 0.05) is 20.3 Å². The smallest absolute Gasteiger partial charge is 0.253 e. The highest BCUT2D eigenvalue weighted by atomic mass is 16.5. The Balaban J connectivity index is 2.37. The van der Waals surface area contributed by atoms with E-state index in [0.29, 0.717) is 18.7 Å². The zero-order chi connectivity index (χ0) is 11.8. The van der Waals surface area contributed by atoms with Crippen molar-refractivity contribution in [1.29, 1.82) is 0 Å². The van der Waals surface area contributed by atoms with Crippen LogP contribution in [0.5, 0.6) is 0 Å². The molecule has 1 aromatic carbocycles. The molecule has 0 aliphatic carbocycles. The number of rotatable bonds is 6. The first-order valence-electron chi connectivity index (χ1n) is 5.25. The number of hydrogen-bond acceptors (Lipinski definition) is 3. The van der Waals surface area contributed by atoms with Gasteiger partial charge >= 0.3 is 0 Å². The predicted octanol–water partition coefficient (Wildman–Crippen LogP) is 0.873. The molecule has 0 fully saturated rings. The average molecular weight is 223 g/mol. The number of aliphatic hydroxyl groups excluding tert-OH is 1. The summed E-state index contributed by atoms with van der Waals surface area (Å²) >= 11 is 0. The summed E-state index contributed by atoms with van der Waals surface area (Å²) in [6.45, 7) is 1.11. The molecule has 1 atom stereocenters. The first kappa shape index (κ1) is 12.7. The van der Waals surface area contributed by atoms with E-state index < -0.39 is 6.10 Å². The van der Waals surface area contributed by atoms with E-state index in [-0.39, 0.29) is 5.91 Å². The van der Waals surface area contributed by atoms with E-state index in [2.05, 4.69) is 5.32 Å². The molecule has 88 valence electrons. The van der Waals surface area contributed by atoms with Crippen molar-refractivity contribution in [1.82, 2.24) is 5.32 Å². The number of ether oxygens (including phenoxy) is 1. The zero-order valence-electron chi connectivity index (χ0n) is 9.35. The standard InChI is InChI=1S/C12H17NO3/c1-16-9-5-8-13-12(15)11(14)10-6-3-2-4-7-10/h2-4,6-7,11,14H,5,8-9H2,1H3,(H,13,15). The second-order valence-electron chi connectivity index (χ2n) is 3.45. The third-order valence-electron chi connectivity index (χ3n) is 2.19. The number of amides is 1. The van der Waals surface area contributed by atoms with E-state index in [4.69, 9.17) is 4.74 Å². The fourth-order valence-electron chi connectivity index (χ4n) is 1.31. The molecule has 16 heavy (non-hydrogen) atoms. The molecule has 1 amide bonds. The maximum absolute atomic E-state index is 11.5. The fourth-order valence-corrected chi connectivity index (χ4v) is 1.31. The van der Waals surface area contributed by atoms with Gasteiger partial charge in [-0.2, -0.15) is 0 Å². The Hall–Kier alpha value is -1.39. The van der Waals surface area contributed by atoms with Crippen LogP contribution >= 0.6 is 0 Å². The van der Waals surface area contributed by atoms with Gasteiger partial charge in [-0.15, -0.1) is 0 Å². The van der Waals surface area contributed by atoms with E-state index in [0.717, 1.165) is 6.42 Å². The number of carbonyl (C=O) groups is 1. The molecule has 0 radical (unpaired) electrons. The van der Waals surface area contributed by atoms with Crippen LogP contribution in [0.3, 0.4) is 0 Å². The van der Waals surface area contributed by atoms with Gasteiger partial charge in [-0.3, -0.25) is 4.79 Å². The molecule has 0 saturated carbocycles. The van der Waals surface area contributed by atoms with Gasteiger partial charge in [0.2, 0.25) is 0 Å². The van der Waals surface area contributed by atoms with Crippen molar-refractivity contribution in [3.8, 4) is 0 Å². The molecular formula is C12H17NO3. The molecule has 4 heteroatoms. The van der Waals surface area contributed by atoms with Gasteiger partial charge in [-0.25, -0.2) is 0 Å². The van der Waals surface area contributed by atoms with E-state index in [1.807, 2.05) is 6.07 Å². The lowest BCUT2D eigenvalue weighted by molar-refractivity contribution is -0.129. The van der Waals surface area contributed by atoms with Crippen molar-refractivity contribution in [2.45, 2.75) is 12.5 Å². The van der Waals surface area contributed by atoms with E-state index in [1.54, 1.807) is 31.4 Å². The van der Waals surface area contributed by atoms with Crippen molar-refractivity contribution in [3.63, 3.8) is 0 Å². The number of carbonyl (C=O) groups excluding carboxylic acids is 1. The summed E-state index contributed by atoms with van der Waals surface area (Å²) in [7, 11) is 1.61. The highest BCUT2D eigenvalue weighted by Gasteiger charge is 2.15. The third-order valence-corrected chi connectivity index (χ3v) is 2.19. The fraction of sp³-hybridized carbons (Fsp3) is 0.417. The summed E-state index contributed by atoms with van der Waals surface area (Å²) in [6, 6.07) is 8.86. The van der Waals surface area contributed by atoms with Crippen molar-refractivity contribution in [2.24, 2.45) is 0 Å². The zero-order valence-corrected chi connectivity index (χ0v) is 9.35. The lowest BCUT2D eigenvalue weighted by Crippen LogP contribution is -2.30. The van der Waals surface area contributed by atoms with Crippen LogP contribution in [0.4, 0.5) is 0 Å². The van der Waals surface area contributed by atoms with Crippen molar-refractivity contribution in [3.05, 3.63) is 35.9 Å². The third kappa shape index (κ3) is 4.00. The molecule has 0 bridgehead atoms. The van der Waals surface area contributed by atoms with Gasteiger partial charge in [0.1, 0.15) is 0 Å². The van der Waals surface area contributed by atoms with Crippen LogP contribution in [0, 0.1) is 0 Å². The molecule has 4 nitrogen and oxygen atoms in total. The number of aliphatic hydroxyl groups is 1. The highest BCUT2D eigenvalue weighted by Crippen LogP contribution is 2.11.